The van der Waals surface area contributed by atoms with Crippen LogP contribution in [0.1, 0.15) is 13.3 Å². The van der Waals surface area contributed by atoms with Crippen LogP contribution in [-0.2, 0) is 9.59 Å². The number of carboxylic acids is 1. The summed E-state index contributed by atoms with van der Waals surface area (Å²) >= 11 is 0. The fraction of sp³-hybridized carbons (Fsp3) is 0.556. The smallest absolute Gasteiger partial charge is 0.455 e. The van der Waals surface area contributed by atoms with Crippen molar-refractivity contribution in [3.05, 3.63) is 11.3 Å². The minimum atomic E-state index is -5.18. The van der Waals surface area contributed by atoms with Crippen LogP contribution in [0.15, 0.2) is 11.3 Å². The molecule has 0 bridgehead atoms. The van der Waals surface area contributed by atoms with Crippen LogP contribution in [0.25, 0.3) is 0 Å². The van der Waals surface area contributed by atoms with E-state index in [4.69, 9.17) is 5.11 Å². The Bertz CT molecular complexity index is 331. The molecule has 7 heteroatoms. The van der Waals surface area contributed by atoms with Crippen molar-refractivity contribution < 1.29 is 27.9 Å². The molecule has 0 aromatic carbocycles. The minimum absolute atomic E-state index is 0.0243. The minimum Gasteiger partial charge on any atom is -0.477 e. The van der Waals surface area contributed by atoms with Gasteiger partial charge in [-0.3, -0.25) is 4.79 Å². The number of hydrogen-bond donors (Lipinski definition) is 1. The van der Waals surface area contributed by atoms with Gasteiger partial charge >= 0.3 is 12.1 Å². The molecule has 0 aliphatic rings. The van der Waals surface area contributed by atoms with E-state index in [-0.39, 0.29) is 12.1 Å². The van der Waals surface area contributed by atoms with Crippen LogP contribution >= 0.6 is 0 Å². The van der Waals surface area contributed by atoms with Crippen LogP contribution in [-0.4, -0.2) is 42.0 Å². The number of Topliss-reactive ketones (excluding diaryl/α,β-unsaturated/α-hetero) is 1. The number of carboxylic acid groups (broad SMARTS) is 1. The molecule has 0 rings (SSSR count). The molecule has 1 N–H and O–H groups in total. The summed E-state index contributed by atoms with van der Waals surface area (Å²) in [6, 6.07) is 0. The van der Waals surface area contributed by atoms with Crippen molar-refractivity contribution in [2.45, 2.75) is 19.5 Å². The summed E-state index contributed by atoms with van der Waals surface area (Å²) < 4.78 is 36.5. The second-order valence-electron chi connectivity index (χ2n) is 3.20. The Morgan fingerprint density at radius 2 is 1.69 bits per heavy atom. The first-order chi connectivity index (χ1) is 7.12. The van der Waals surface area contributed by atoms with Gasteiger partial charge in [-0.15, -0.1) is 0 Å². The third-order valence-electron chi connectivity index (χ3n) is 1.86. The van der Waals surface area contributed by atoms with E-state index in [0.717, 1.165) is 0 Å². The normalized spacial score (nSPS) is 13.1. The average Bonchev–Trinajstić information content (AvgIpc) is 2.09. The molecule has 0 aromatic heterocycles. The van der Waals surface area contributed by atoms with Crippen molar-refractivity contribution in [3.8, 4) is 0 Å². The number of carbonyl (C=O) groups excluding carboxylic acids is 1. The SMILES string of the molecule is CCC(=C(C(=O)O)C(=O)C(F)(F)F)N(C)C. The Kier molecular flexibility index (Phi) is 4.52. The fourth-order valence-electron chi connectivity index (χ4n) is 1.21. The van der Waals surface area contributed by atoms with Gasteiger partial charge in [-0.25, -0.2) is 4.79 Å². The lowest BCUT2D eigenvalue weighted by Crippen LogP contribution is -2.31. The monoisotopic (exact) mass is 239 g/mol. The number of allylic oxidation sites excluding steroid dienone is 1. The highest BCUT2D eigenvalue weighted by Crippen LogP contribution is 2.24. The van der Waals surface area contributed by atoms with Crippen LogP contribution in [0.5, 0.6) is 0 Å². The number of halogens is 3. The van der Waals surface area contributed by atoms with Gasteiger partial charge in [0.25, 0.3) is 5.78 Å². The van der Waals surface area contributed by atoms with E-state index in [0.29, 0.717) is 0 Å². The van der Waals surface area contributed by atoms with E-state index >= 15 is 0 Å². The lowest BCUT2D eigenvalue weighted by atomic mass is 10.1. The highest BCUT2D eigenvalue weighted by Gasteiger charge is 2.44. The zero-order chi connectivity index (χ0) is 13.1. The molecular formula is C9H12F3NO3. The maximum absolute atomic E-state index is 12.2. The topological polar surface area (TPSA) is 57.6 Å². The molecule has 0 fully saturated rings. The Morgan fingerprint density at radius 1 is 1.25 bits per heavy atom. The number of rotatable bonds is 4. The summed E-state index contributed by atoms with van der Waals surface area (Å²) in [4.78, 5) is 22.8. The zero-order valence-electron chi connectivity index (χ0n) is 9.05. The van der Waals surface area contributed by atoms with Gasteiger partial charge in [0.1, 0.15) is 5.57 Å². The van der Waals surface area contributed by atoms with Crippen molar-refractivity contribution in [2.24, 2.45) is 0 Å². The van der Waals surface area contributed by atoms with Crippen LogP contribution in [0.2, 0.25) is 0 Å². The fourth-order valence-corrected chi connectivity index (χ4v) is 1.21. The van der Waals surface area contributed by atoms with E-state index in [1.807, 2.05) is 0 Å². The maximum Gasteiger partial charge on any atom is 0.455 e. The molecule has 0 aliphatic heterocycles. The summed E-state index contributed by atoms with van der Waals surface area (Å²) in [6.45, 7) is 1.47. The van der Waals surface area contributed by atoms with Gasteiger partial charge in [0.05, 0.1) is 0 Å². The van der Waals surface area contributed by atoms with Crippen molar-refractivity contribution in [1.29, 1.82) is 0 Å². The number of nitrogens with zero attached hydrogens (tertiary/aromatic N) is 1. The van der Waals surface area contributed by atoms with Gasteiger partial charge in [0.15, 0.2) is 0 Å². The predicted molar refractivity (Wildman–Crippen MR) is 49.7 cm³/mol. The molecule has 16 heavy (non-hydrogen) atoms. The van der Waals surface area contributed by atoms with E-state index in [9.17, 15) is 22.8 Å². The summed E-state index contributed by atoms with van der Waals surface area (Å²) in [7, 11) is 2.76. The number of hydrogen-bond acceptors (Lipinski definition) is 3. The first-order valence-electron chi connectivity index (χ1n) is 4.38. The van der Waals surface area contributed by atoms with Crippen LogP contribution < -0.4 is 0 Å². The second kappa shape index (κ2) is 5.00. The third kappa shape index (κ3) is 3.25. The molecule has 0 spiro atoms. The number of aliphatic carboxylic acids is 1. The van der Waals surface area contributed by atoms with E-state index in [1.165, 1.54) is 25.9 Å². The van der Waals surface area contributed by atoms with Crippen LogP contribution in [0.3, 0.4) is 0 Å². The number of alkyl halides is 3. The third-order valence-corrected chi connectivity index (χ3v) is 1.86. The summed E-state index contributed by atoms with van der Waals surface area (Å²) in [5.74, 6) is -4.20. The predicted octanol–water partition coefficient (Wildman–Crippen LogP) is 1.43. The number of carbonyl (C=O) groups is 2. The Balaban J connectivity index is 5.65. The lowest BCUT2D eigenvalue weighted by Gasteiger charge is -2.19. The standard InChI is InChI=1S/C9H12F3NO3/c1-4-5(13(2)3)6(8(15)16)7(14)9(10,11)12/h4H2,1-3H3,(H,15,16). The summed E-state index contributed by atoms with van der Waals surface area (Å²) in [5, 5.41) is 8.65. The van der Waals surface area contributed by atoms with Crippen LogP contribution in [0, 0.1) is 0 Å². The maximum atomic E-state index is 12.2. The van der Waals surface area contributed by atoms with Crippen molar-refractivity contribution in [3.63, 3.8) is 0 Å². The van der Waals surface area contributed by atoms with E-state index < -0.39 is 23.5 Å². The zero-order valence-corrected chi connectivity index (χ0v) is 9.05. The van der Waals surface area contributed by atoms with E-state index in [2.05, 4.69) is 0 Å². The lowest BCUT2D eigenvalue weighted by molar-refractivity contribution is -0.168. The van der Waals surface area contributed by atoms with Gasteiger partial charge in [0.2, 0.25) is 0 Å². The molecule has 0 radical (unpaired) electrons. The molecule has 0 aliphatic carbocycles. The molecule has 0 aromatic rings. The highest BCUT2D eigenvalue weighted by molar-refractivity contribution is 6.19. The van der Waals surface area contributed by atoms with Crippen molar-refractivity contribution in [2.75, 3.05) is 14.1 Å². The van der Waals surface area contributed by atoms with Crippen molar-refractivity contribution in [1.82, 2.24) is 4.90 Å². The molecular weight excluding hydrogens is 227 g/mol. The summed E-state index contributed by atoms with van der Waals surface area (Å²) in [5.41, 5.74) is -1.38. The molecule has 4 nitrogen and oxygen atoms in total. The highest BCUT2D eigenvalue weighted by atomic mass is 19.4. The Hall–Kier alpha value is -1.53. The molecule has 0 atom stereocenters. The van der Waals surface area contributed by atoms with Gasteiger partial charge in [0, 0.05) is 19.8 Å². The molecule has 0 unspecified atom stereocenters. The molecule has 92 valence electrons. The van der Waals surface area contributed by atoms with Gasteiger partial charge in [-0.2, -0.15) is 13.2 Å². The first-order valence-corrected chi connectivity index (χ1v) is 4.38. The molecule has 0 saturated heterocycles. The molecule has 0 amide bonds. The van der Waals surface area contributed by atoms with Gasteiger partial charge in [-0.05, 0) is 6.42 Å². The van der Waals surface area contributed by atoms with Crippen LogP contribution in [0.4, 0.5) is 13.2 Å². The first kappa shape index (κ1) is 14.5. The summed E-state index contributed by atoms with van der Waals surface area (Å²) in [6.07, 6.45) is -5.15. The average molecular weight is 239 g/mol. The Morgan fingerprint density at radius 3 is 1.88 bits per heavy atom. The largest absolute Gasteiger partial charge is 0.477 e. The van der Waals surface area contributed by atoms with E-state index in [1.54, 1.807) is 0 Å². The van der Waals surface area contributed by atoms with Gasteiger partial charge < -0.3 is 10.0 Å². The second-order valence-corrected chi connectivity index (χ2v) is 3.20. The number of ketones is 1. The molecule has 0 heterocycles. The Labute approximate surface area is 90.3 Å². The quantitative estimate of drug-likeness (QED) is 0.458. The van der Waals surface area contributed by atoms with Gasteiger partial charge in [-0.1, -0.05) is 6.92 Å². The molecule has 0 saturated carbocycles. The van der Waals surface area contributed by atoms with Crippen molar-refractivity contribution >= 4 is 11.8 Å².